The highest BCUT2D eigenvalue weighted by atomic mass is 32.2. The fourth-order valence-corrected chi connectivity index (χ4v) is 3.59. The van der Waals surface area contributed by atoms with Crippen LogP contribution in [0, 0.1) is 17.5 Å². The SMILES string of the molecule is CC(=O)N1[C@H](C(=O)[O-])CS[C@H]1c1c(F)cc(F)cc1F. The van der Waals surface area contributed by atoms with Crippen LogP contribution >= 0.6 is 11.8 Å². The van der Waals surface area contributed by atoms with Crippen molar-refractivity contribution in [2.75, 3.05) is 5.75 Å². The Morgan fingerprint density at radius 3 is 2.30 bits per heavy atom. The zero-order chi connectivity index (χ0) is 15.0. The molecule has 0 aromatic heterocycles. The molecule has 0 radical (unpaired) electrons. The van der Waals surface area contributed by atoms with E-state index in [1.807, 2.05) is 0 Å². The molecule has 1 aromatic carbocycles. The smallest absolute Gasteiger partial charge is 0.221 e. The van der Waals surface area contributed by atoms with Crippen molar-refractivity contribution in [2.45, 2.75) is 18.3 Å². The predicted molar refractivity (Wildman–Crippen MR) is 62.8 cm³/mol. The van der Waals surface area contributed by atoms with Crippen LogP contribution in [0.25, 0.3) is 0 Å². The van der Waals surface area contributed by atoms with Gasteiger partial charge in [-0.25, -0.2) is 13.2 Å². The zero-order valence-electron chi connectivity index (χ0n) is 10.2. The van der Waals surface area contributed by atoms with Crippen LogP contribution in [0.15, 0.2) is 12.1 Å². The largest absolute Gasteiger partial charge is 0.548 e. The number of thioether (sulfide) groups is 1. The summed E-state index contributed by atoms with van der Waals surface area (Å²) < 4.78 is 40.4. The third kappa shape index (κ3) is 2.47. The van der Waals surface area contributed by atoms with Gasteiger partial charge in [0.15, 0.2) is 0 Å². The molecule has 0 unspecified atom stereocenters. The van der Waals surface area contributed by atoms with Gasteiger partial charge >= 0.3 is 0 Å². The van der Waals surface area contributed by atoms with E-state index < -0.39 is 46.3 Å². The maximum atomic E-state index is 13.7. The number of carboxylic acid groups (broad SMARTS) is 1. The number of aliphatic carboxylic acids is 1. The molecule has 0 N–H and O–H groups in total. The number of carboxylic acids is 1. The van der Waals surface area contributed by atoms with Crippen LogP contribution in [0.2, 0.25) is 0 Å². The van der Waals surface area contributed by atoms with E-state index in [1.165, 1.54) is 0 Å². The minimum absolute atomic E-state index is 0.0527. The van der Waals surface area contributed by atoms with Gasteiger partial charge in [0.25, 0.3) is 0 Å². The van der Waals surface area contributed by atoms with E-state index in [1.54, 1.807) is 0 Å². The van der Waals surface area contributed by atoms with Crippen molar-refractivity contribution in [3.05, 3.63) is 35.1 Å². The van der Waals surface area contributed by atoms with Gasteiger partial charge in [0.1, 0.15) is 22.8 Å². The van der Waals surface area contributed by atoms with E-state index in [9.17, 15) is 27.9 Å². The van der Waals surface area contributed by atoms with E-state index in [4.69, 9.17) is 0 Å². The molecule has 108 valence electrons. The number of halogens is 3. The van der Waals surface area contributed by atoms with Crippen molar-refractivity contribution in [1.29, 1.82) is 0 Å². The lowest BCUT2D eigenvalue weighted by Crippen LogP contribution is -2.48. The molecule has 2 atom stereocenters. The summed E-state index contributed by atoms with van der Waals surface area (Å²) in [5.41, 5.74) is -0.532. The summed E-state index contributed by atoms with van der Waals surface area (Å²) in [5.74, 6) is -5.62. The highest BCUT2D eigenvalue weighted by Crippen LogP contribution is 2.43. The van der Waals surface area contributed by atoms with Crippen molar-refractivity contribution in [2.24, 2.45) is 0 Å². The second-order valence-electron chi connectivity index (χ2n) is 4.23. The number of amides is 1. The third-order valence-electron chi connectivity index (χ3n) is 2.93. The van der Waals surface area contributed by atoms with Crippen LogP contribution < -0.4 is 5.11 Å². The summed E-state index contributed by atoms with van der Waals surface area (Å²) in [7, 11) is 0. The molecule has 0 saturated carbocycles. The Balaban J connectivity index is 2.47. The molecule has 1 fully saturated rings. The van der Waals surface area contributed by atoms with Crippen molar-refractivity contribution >= 4 is 23.6 Å². The predicted octanol–water partition coefficient (Wildman–Crippen LogP) is 0.816. The van der Waals surface area contributed by atoms with Crippen LogP contribution in [-0.2, 0) is 9.59 Å². The number of rotatable bonds is 2. The normalized spacial score (nSPS) is 22.1. The monoisotopic (exact) mass is 304 g/mol. The van der Waals surface area contributed by atoms with Crippen LogP contribution in [0.3, 0.4) is 0 Å². The lowest BCUT2D eigenvalue weighted by molar-refractivity contribution is -0.310. The van der Waals surface area contributed by atoms with Crippen LogP contribution in [-0.4, -0.2) is 28.6 Å². The molecule has 0 spiro atoms. The molecular formula is C12H9F3NO3S-. The first-order valence-corrected chi connectivity index (χ1v) is 6.63. The Bertz CT molecular complexity index is 558. The van der Waals surface area contributed by atoms with Gasteiger partial charge in [-0.05, 0) is 0 Å². The molecule has 1 heterocycles. The number of carbonyl (C=O) groups is 2. The van der Waals surface area contributed by atoms with Crippen LogP contribution in [0.1, 0.15) is 17.9 Å². The lowest BCUT2D eigenvalue weighted by atomic mass is 10.1. The Kier molecular flexibility index (Phi) is 3.94. The quantitative estimate of drug-likeness (QED) is 0.811. The fourth-order valence-electron chi connectivity index (χ4n) is 2.08. The van der Waals surface area contributed by atoms with Gasteiger partial charge in [0.2, 0.25) is 5.91 Å². The maximum Gasteiger partial charge on any atom is 0.221 e. The highest BCUT2D eigenvalue weighted by Gasteiger charge is 2.40. The van der Waals surface area contributed by atoms with E-state index in [0.29, 0.717) is 12.1 Å². The standard InChI is InChI=1S/C12H10F3NO3S/c1-5(17)16-9(12(18)19)4-20-11(16)10-7(14)2-6(13)3-8(10)15/h2-3,9,11H,4H2,1H3,(H,18,19)/p-1/t9-,11-/m0/s1. The Morgan fingerprint density at radius 1 is 1.30 bits per heavy atom. The van der Waals surface area contributed by atoms with Gasteiger partial charge in [-0.1, -0.05) is 0 Å². The van der Waals surface area contributed by atoms with Gasteiger partial charge < -0.3 is 14.8 Å². The molecule has 0 bridgehead atoms. The van der Waals surface area contributed by atoms with E-state index in [0.717, 1.165) is 23.6 Å². The zero-order valence-corrected chi connectivity index (χ0v) is 11.0. The molecule has 1 amide bonds. The second kappa shape index (κ2) is 5.35. The summed E-state index contributed by atoms with van der Waals surface area (Å²) in [5, 5.41) is 9.79. The van der Waals surface area contributed by atoms with Gasteiger partial charge in [-0.3, -0.25) is 4.79 Å². The number of hydrogen-bond donors (Lipinski definition) is 0. The molecule has 4 nitrogen and oxygen atoms in total. The average Bonchev–Trinajstić information content (AvgIpc) is 2.72. The topological polar surface area (TPSA) is 60.4 Å². The molecular weight excluding hydrogens is 295 g/mol. The Labute approximate surface area is 116 Å². The molecule has 8 heteroatoms. The van der Waals surface area contributed by atoms with Gasteiger partial charge in [-0.15, -0.1) is 11.8 Å². The molecule has 2 rings (SSSR count). The van der Waals surface area contributed by atoms with Crippen LogP contribution in [0.5, 0.6) is 0 Å². The Hall–Kier alpha value is -1.70. The maximum absolute atomic E-state index is 13.7. The highest BCUT2D eigenvalue weighted by molar-refractivity contribution is 7.99. The first-order valence-electron chi connectivity index (χ1n) is 5.58. The summed E-state index contributed by atoms with van der Waals surface area (Å²) in [6, 6.07) is -0.292. The number of hydrogen-bond acceptors (Lipinski definition) is 4. The minimum Gasteiger partial charge on any atom is -0.548 e. The number of nitrogens with zero attached hydrogens (tertiary/aromatic N) is 1. The molecule has 1 aliphatic rings. The number of carbonyl (C=O) groups excluding carboxylic acids is 2. The summed E-state index contributed by atoms with van der Waals surface area (Å²) >= 11 is 0.884. The first kappa shape index (κ1) is 14.7. The molecule has 1 aliphatic heterocycles. The lowest BCUT2D eigenvalue weighted by Gasteiger charge is -2.29. The fraction of sp³-hybridized carbons (Fsp3) is 0.333. The van der Waals surface area contributed by atoms with E-state index in [2.05, 4.69) is 0 Å². The molecule has 20 heavy (non-hydrogen) atoms. The third-order valence-corrected chi connectivity index (χ3v) is 4.21. The molecule has 0 aliphatic carbocycles. The Morgan fingerprint density at radius 2 is 1.85 bits per heavy atom. The molecule has 1 aromatic rings. The van der Waals surface area contributed by atoms with Crippen molar-refractivity contribution in [3.63, 3.8) is 0 Å². The van der Waals surface area contributed by atoms with Crippen molar-refractivity contribution < 1.29 is 27.9 Å². The van der Waals surface area contributed by atoms with Gasteiger partial charge in [0, 0.05) is 24.8 Å². The van der Waals surface area contributed by atoms with Gasteiger partial charge in [-0.2, -0.15) is 0 Å². The van der Waals surface area contributed by atoms with E-state index >= 15 is 0 Å². The van der Waals surface area contributed by atoms with Crippen molar-refractivity contribution in [1.82, 2.24) is 4.90 Å². The second-order valence-corrected chi connectivity index (χ2v) is 5.34. The van der Waals surface area contributed by atoms with E-state index in [-0.39, 0.29) is 5.75 Å². The molecule has 1 saturated heterocycles. The van der Waals surface area contributed by atoms with Crippen molar-refractivity contribution in [3.8, 4) is 0 Å². The summed E-state index contributed by atoms with van der Waals surface area (Å²) in [4.78, 5) is 23.3. The average molecular weight is 304 g/mol. The van der Waals surface area contributed by atoms with Gasteiger partial charge in [0.05, 0.1) is 17.6 Å². The summed E-state index contributed by atoms with van der Waals surface area (Å²) in [6.45, 7) is 1.09. The minimum atomic E-state index is -1.50. The first-order chi connectivity index (χ1) is 9.32. The van der Waals surface area contributed by atoms with Crippen LogP contribution in [0.4, 0.5) is 13.2 Å². The number of benzene rings is 1. The summed E-state index contributed by atoms with van der Waals surface area (Å²) in [6.07, 6.45) is 0.